The Kier molecular flexibility index (Phi) is 7.32. The van der Waals surface area contributed by atoms with Gasteiger partial charge in [-0.2, -0.15) is 0 Å². The van der Waals surface area contributed by atoms with Gasteiger partial charge in [0.2, 0.25) is 0 Å². The van der Waals surface area contributed by atoms with Crippen LogP contribution >= 0.6 is 15.9 Å². The number of nitrogens with one attached hydrogen (secondary N) is 2. The number of rotatable bonds is 7. The van der Waals surface area contributed by atoms with Crippen LogP contribution in [0.4, 0.5) is 4.79 Å². The van der Waals surface area contributed by atoms with Gasteiger partial charge in [-0.15, -0.1) is 0 Å². The second-order valence-electron chi connectivity index (χ2n) is 10.5. The minimum Gasteiger partial charge on any atom is -0.491 e. The van der Waals surface area contributed by atoms with Crippen molar-refractivity contribution in [3.8, 4) is 5.75 Å². The fraction of sp³-hybridized carbons (Fsp3) is 0.379. The van der Waals surface area contributed by atoms with Gasteiger partial charge in [-0.1, -0.05) is 46.3 Å². The quantitative estimate of drug-likeness (QED) is 0.345. The summed E-state index contributed by atoms with van der Waals surface area (Å²) >= 11 is 3.63. The van der Waals surface area contributed by atoms with Crippen LogP contribution in [0.25, 0.3) is 10.8 Å². The Balaban J connectivity index is 1.45. The van der Waals surface area contributed by atoms with Crippen molar-refractivity contribution in [3.63, 3.8) is 0 Å². The molecule has 0 bridgehead atoms. The van der Waals surface area contributed by atoms with Crippen LogP contribution in [0, 0.1) is 6.92 Å². The molecule has 1 aliphatic carbocycles. The van der Waals surface area contributed by atoms with Gasteiger partial charge in [-0.05, 0) is 93.6 Å². The molecule has 2 N–H and O–H groups in total. The van der Waals surface area contributed by atoms with E-state index in [1.54, 1.807) is 6.07 Å². The van der Waals surface area contributed by atoms with Crippen LogP contribution in [0.2, 0.25) is 0 Å². The third-order valence-electron chi connectivity index (χ3n) is 6.16. The Morgan fingerprint density at radius 2 is 1.81 bits per heavy atom. The summed E-state index contributed by atoms with van der Waals surface area (Å²) in [5.74, 6) is 0.445. The summed E-state index contributed by atoms with van der Waals surface area (Å²) in [5.41, 5.74) is 1.63. The van der Waals surface area contributed by atoms with Crippen molar-refractivity contribution in [2.75, 3.05) is 6.61 Å². The fourth-order valence-electron chi connectivity index (χ4n) is 4.25. The first-order valence-corrected chi connectivity index (χ1v) is 13.0. The Morgan fingerprint density at radius 1 is 1.08 bits per heavy atom. The molecule has 1 saturated carbocycles. The molecule has 36 heavy (non-hydrogen) atoms. The number of alkyl carbamates (subject to hydrolysis) is 1. The number of aryl methyl sites for hydroxylation is 1. The van der Waals surface area contributed by atoms with E-state index in [0.29, 0.717) is 11.3 Å². The maximum Gasteiger partial charge on any atom is 0.407 e. The molecule has 0 radical (unpaired) electrons. The molecule has 1 aliphatic rings. The molecule has 0 aliphatic heterocycles. The molecule has 1 atom stereocenters. The lowest BCUT2D eigenvalue weighted by Crippen LogP contribution is -2.40. The summed E-state index contributed by atoms with van der Waals surface area (Å²) < 4.78 is 12.2. The molecule has 2 amide bonds. The van der Waals surface area contributed by atoms with E-state index in [-0.39, 0.29) is 24.1 Å². The van der Waals surface area contributed by atoms with Crippen molar-refractivity contribution in [2.24, 2.45) is 0 Å². The SMILES string of the molecule is Cc1ccc(OC[C@H](C)NC(=O)OC(C)(C)C)cc1C(=O)NC1(c2cc(Br)cc3ccccc23)CC1. The number of hydrogen-bond acceptors (Lipinski definition) is 4. The van der Waals surface area contributed by atoms with Gasteiger partial charge in [0, 0.05) is 10.0 Å². The van der Waals surface area contributed by atoms with Gasteiger partial charge in [0.15, 0.2) is 0 Å². The topological polar surface area (TPSA) is 76.7 Å². The highest BCUT2D eigenvalue weighted by molar-refractivity contribution is 9.10. The molecule has 0 saturated heterocycles. The van der Waals surface area contributed by atoms with Crippen molar-refractivity contribution in [3.05, 3.63) is 75.8 Å². The highest BCUT2D eigenvalue weighted by atomic mass is 79.9. The van der Waals surface area contributed by atoms with Crippen molar-refractivity contribution in [1.82, 2.24) is 10.6 Å². The first kappa shape index (κ1) is 26.0. The maximum atomic E-state index is 13.4. The molecule has 190 valence electrons. The van der Waals surface area contributed by atoms with Crippen LogP contribution in [-0.2, 0) is 10.3 Å². The Labute approximate surface area is 220 Å². The lowest BCUT2D eigenvalue weighted by Gasteiger charge is -2.22. The highest BCUT2D eigenvalue weighted by Crippen LogP contribution is 2.49. The number of ether oxygens (including phenoxy) is 2. The average molecular weight is 553 g/mol. The monoisotopic (exact) mass is 552 g/mol. The van der Waals surface area contributed by atoms with Gasteiger partial charge in [0.05, 0.1) is 11.6 Å². The second kappa shape index (κ2) is 10.1. The summed E-state index contributed by atoms with van der Waals surface area (Å²) in [5, 5.41) is 8.37. The Bertz CT molecular complexity index is 1290. The molecule has 0 spiro atoms. The van der Waals surface area contributed by atoms with E-state index in [0.717, 1.165) is 39.2 Å². The number of carbonyl (C=O) groups excluding carboxylic acids is 2. The largest absolute Gasteiger partial charge is 0.491 e. The smallest absolute Gasteiger partial charge is 0.407 e. The maximum absolute atomic E-state index is 13.4. The summed E-state index contributed by atoms with van der Waals surface area (Å²) in [4.78, 5) is 25.4. The number of benzene rings is 3. The molecular formula is C29H33BrN2O4. The lowest BCUT2D eigenvalue weighted by atomic mass is 9.96. The summed E-state index contributed by atoms with van der Waals surface area (Å²) in [6.07, 6.45) is 1.29. The zero-order valence-electron chi connectivity index (χ0n) is 21.4. The molecule has 4 rings (SSSR count). The standard InChI is InChI=1S/C29H33BrN2O4/c1-18-10-11-22(35-17-19(2)31-27(34)36-28(3,4)5)16-24(18)26(33)32-29(12-13-29)25-15-21(30)14-20-8-6-7-9-23(20)25/h6-11,14-16,19H,12-13,17H2,1-5H3,(H,31,34)(H,32,33)/t19-/m0/s1. The average Bonchev–Trinajstić information content (AvgIpc) is 3.56. The number of fused-ring (bicyclic) bond motifs is 1. The number of halogens is 1. The van der Waals surface area contributed by atoms with E-state index >= 15 is 0 Å². The summed E-state index contributed by atoms with van der Waals surface area (Å²) in [7, 11) is 0. The minimum absolute atomic E-state index is 0.126. The van der Waals surface area contributed by atoms with Gasteiger partial charge >= 0.3 is 6.09 Å². The Hall–Kier alpha value is -3.06. The van der Waals surface area contributed by atoms with Gasteiger partial charge in [-0.25, -0.2) is 4.79 Å². The molecule has 1 fully saturated rings. The molecule has 6 nitrogen and oxygen atoms in total. The van der Waals surface area contributed by atoms with E-state index in [9.17, 15) is 9.59 Å². The number of carbonyl (C=O) groups is 2. The van der Waals surface area contributed by atoms with Crippen LogP contribution in [0.15, 0.2) is 59.1 Å². The van der Waals surface area contributed by atoms with E-state index in [2.05, 4.69) is 50.8 Å². The second-order valence-corrected chi connectivity index (χ2v) is 11.5. The van der Waals surface area contributed by atoms with Crippen molar-refractivity contribution < 1.29 is 19.1 Å². The fourth-order valence-corrected chi connectivity index (χ4v) is 4.72. The molecule has 0 unspecified atom stereocenters. The summed E-state index contributed by atoms with van der Waals surface area (Å²) in [6, 6.07) is 17.7. The van der Waals surface area contributed by atoms with Gasteiger partial charge < -0.3 is 20.1 Å². The van der Waals surface area contributed by atoms with E-state index in [4.69, 9.17) is 9.47 Å². The van der Waals surface area contributed by atoms with Crippen molar-refractivity contribution >= 4 is 38.7 Å². The highest BCUT2D eigenvalue weighted by Gasteiger charge is 2.47. The van der Waals surface area contributed by atoms with Crippen molar-refractivity contribution in [1.29, 1.82) is 0 Å². The molecule has 0 aromatic heterocycles. The molecule has 7 heteroatoms. The van der Waals surface area contributed by atoms with Crippen LogP contribution in [0.3, 0.4) is 0 Å². The van der Waals surface area contributed by atoms with Gasteiger partial charge in [0.1, 0.15) is 18.0 Å². The lowest BCUT2D eigenvalue weighted by molar-refractivity contribution is 0.0494. The summed E-state index contributed by atoms with van der Waals surface area (Å²) in [6.45, 7) is 9.45. The third kappa shape index (κ3) is 6.19. The van der Waals surface area contributed by atoms with Gasteiger partial charge in [0.25, 0.3) is 5.91 Å². The zero-order valence-corrected chi connectivity index (χ0v) is 23.0. The predicted molar refractivity (Wildman–Crippen MR) is 146 cm³/mol. The van der Waals surface area contributed by atoms with Crippen LogP contribution in [0.1, 0.15) is 62.0 Å². The first-order chi connectivity index (χ1) is 17.0. The van der Waals surface area contributed by atoms with E-state index < -0.39 is 11.7 Å². The minimum atomic E-state index is -0.565. The van der Waals surface area contributed by atoms with Crippen molar-refractivity contribution in [2.45, 2.75) is 64.6 Å². The molecule has 3 aromatic carbocycles. The molecule has 3 aromatic rings. The third-order valence-corrected chi connectivity index (χ3v) is 6.62. The predicted octanol–water partition coefficient (Wildman–Crippen LogP) is 6.62. The van der Waals surface area contributed by atoms with E-state index in [1.165, 1.54) is 0 Å². The first-order valence-electron chi connectivity index (χ1n) is 12.2. The Morgan fingerprint density at radius 3 is 2.50 bits per heavy atom. The van der Waals surface area contributed by atoms with Crippen LogP contribution in [-0.4, -0.2) is 30.3 Å². The number of amides is 2. The van der Waals surface area contributed by atoms with Gasteiger partial charge in [-0.3, -0.25) is 4.79 Å². The number of hydrogen-bond donors (Lipinski definition) is 2. The van der Waals surface area contributed by atoms with Crippen LogP contribution < -0.4 is 15.4 Å². The normalized spacial score (nSPS) is 15.2. The molecular weight excluding hydrogens is 520 g/mol. The van der Waals surface area contributed by atoms with E-state index in [1.807, 2.05) is 58.9 Å². The zero-order chi connectivity index (χ0) is 26.1. The molecule has 0 heterocycles. The van der Waals surface area contributed by atoms with Crippen LogP contribution in [0.5, 0.6) is 5.75 Å².